The summed E-state index contributed by atoms with van der Waals surface area (Å²) < 4.78 is 41.3. The molecule has 1 unspecified atom stereocenters. The number of pyridine rings is 1. The lowest BCUT2D eigenvalue weighted by Crippen LogP contribution is -2.27. The second kappa shape index (κ2) is 9.86. The number of carbonyl (C=O) groups excluding carboxylic acids is 1. The lowest BCUT2D eigenvalue weighted by molar-refractivity contribution is -0.139. The van der Waals surface area contributed by atoms with Crippen molar-refractivity contribution in [1.29, 1.82) is 0 Å². The standard InChI is InChI=1S/C18H22F3N5O2/c1-3-8-22-17-23-9-6-14(26-17)16(27)25-12(2)13-4-5-15(24-11-13)28-10-7-18(19,20)21/h4-6,9,11-12H,3,7-8,10H2,1-2H3,(H,25,27)(H,22,23,26). The second-order valence-corrected chi connectivity index (χ2v) is 6.03. The van der Waals surface area contributed by atoms with Gasteiger partial charge in [0.25, 0.3) is 5.91 Å². The van der Waals surface area contributed by atoms with Crippen LogP contribution in [0.15, 0.2) is 30.6 Å². The quantitative estimate of drug-likeness (QED) is 0.673. The molecule has 28 heavy (non-hydrogen) atoms. The van der Waals surface area contributed by atoms with E-state index in [1.165, 1.54) is 24.5 Å². The molecule has 0 aromatic carbocycles. The van der Waals surface area contributed by atoms with E-state index in [0.717, 1.165) is 6.42 Å². The number of alkyl halides is 3. The molecule has 2 heterocycles. The van der Waals surface area contributed by atoms with E-state index in [-0.39, 0.29) is 23.5 Å². The molecule has 2 N–H and O–H groups in total. The highest BCUT2D eigenvalue weighted by molar-refractivity contribution is 5.92. The number of hydrogen-bond donors (Lipinski definition) is 2. The average Bonchev–Trinajstić information content (AvgIpc) is 2.66. The number of aromatic nitrogens is 3. The molecule has 7 nitrogen and oxygen atoms in total. The molecule has 0 aliphatic carbocycles. The van der Waals surface area contributed by atoms with Crippen LogP contribution in [0.2, 0.25) is 0 Å². The monoisotopic (exact) mass is 397 g/mol. The molecule has 0 saturated heterocycles. The zero-order valence-corrected chi connectivity index (χ0v) is 15.6. The molecule has 1 amide bonds. The van der Waals surface area contributed by atoms with E-state index >= 15 is 0 Å². The fraction of sp³-hybridized carbons (Fsp3) is 0.444. The number of ether oxygens (including phenoxy) is 1. The summed E-state index contributed by atoms with van der Waals surface area (Å²) in [7, 11) is 0. The van der Waals surface area contributed by atoms with Crippen molar-refractivity contribution in [2.45, 2.75) is 38.9 Å². The number of hydrogen-bond acceptors (Lipinski definition) is 6. The Morgan fingerprint density at radius 1 is 1.25 bits per heavy atom. The minimum absolute atomic E-state index is 0.0916. The van der Waals surface area contributed by atoms with E-state index in [1.54, 1.807) is 13.0 Å². The van der Waals surface area contributed by atoms with Gasteiger partial charge in [-0.1, -0.05) is 13.0 Å². The van der Waals surface area contributed by atoms with Gasteiger partial charge in [-0.25, -0.2) is 15.0 Å². The SMILES string of the molecule is CCCNc1nccc(C(=O)NC(C)c2ccc(OCCC(F)(F)F)nc2)n1. The predicted octanol–water partition coefficient (Wildman–Crippen LogP) is 3.52. The summed E-state index contributed by atoms with van der Waals surface area (Å²) in [6.45, 7) is 3.97. The highest BCUT2D eigenvalue weighted by Gasteiger charge is 2.26. The minimum atomic E-state index is -4.27. The Hall–Kier alpha value is -2.91. The third kappa shape index (κ3) is 7.01. The number of nitrogens with one attached hydrogen (secondary N) is 2. The van der Waals surface area contributed by atoms with Gasteiger partial charge in [0.2, 0.25) is 11.8 Å². The molecule has 0 spiro atoms. The van der Waals surface area contributed by atoms with Crippen molar-refractivity contribution in [3.63, 3.8) is 0 Å². The number of amides is 1. The Kier molecular flexibility index (Phi) is 7.53. The summed E-state index contributed by atoms with van der Waals surface area (Å²) in [6.07, 6.45) is -1.47. The Labute approximate surface area is 160 Å². The summed E-state index contributed by atoms with van der Waals surface area (Å²) in [5.74, 6) is 0.0955. The lowest BCUT2D eigenvalue weighted by Gasteiger charge is -2.15. The summed E-state index contributed by atoms with van der Waals surface area (Å²) in [5, 5.41) is 5.80. The van der Waals surface area contributed by atoms with Crippen molar-refractivity contribution in [2.24, 2.45) is 0 Å². The topological polar surface area (TPSA) is 89.0 Å². The number of anilines is 1. The minimum Gasteiger partial charge on any atom is -0.477 e. The van der Waals surface area contributed by atoms with Gasteiger partial charge in [-0.2, -0.15) is 13.2 Å². The van der Waals surface area contributed by atoms with Crippen LogP contribution in [-0.4, -0.2) is 40.2 Å². The molecule has 0 saturated carbocycles. The Morgan fingerprint density at radius 3 is 2.68 bits per heavy atom. The summed E-state index contributed by atoms with van der Waals surface area (Å²) >= 11 is 0. The van der Waals surface area contributed by atoms with Gasteiger partial charge in [0.1, 0.15) is 5.69 Å². The number of halogens is 3. The first-order chi connectivity index (χ1) is 13.3. The van der Waals surface area contributed by atoms with E-state index in [4.69, 9.17) is 4.74 Å². The molecule has 2 aromatic heterocycles. The molecule has 2 aromatic rings. The first kappa shape index (κ1) is 21.4. The highest BCUT2D eigenvalue weighted by atomic mass is 19.4. The zero-order valence-electron chi connectivity index (χ0n) is 15.6. The Balaban J connectivity index is 1.91. The van der Waals surface area contributed by atoms with E-state index in [0.29, 0.717) is 18.1 Å². The normalized spacial score (nSPS) is 12.3. The van der Waals surface area contributed by atoms with Crippen molar-refractivity contribution >= 4 is 11.9 Å². The van der Waals surface area contributed by atoms with Crippen LogP contribution in [0.3, 0.4) is 0 Å². The predicted molar refractivity (Wildman–Crippen MR) is 97.1 cm³/mol. The Morgan fingerprint density at radius 2 is 2.04 bits per heavy atom. The number of rotatable bonds is 9. The van der Waals surface area contributed by atoms with Crippen LogP contribution >= 0.6 is 0 Å². The van der Waals surface area contributed by atoms with Gasteiger partial charge in [-0.15, -0.1) is 0 Å². The third-order valence-electron chi connectivity index (χ3n) is 3.66. The van der Waals surface area contributed by atoms with Crippen molar-refractivity contribution in [3.05, 3.63) is 41.9 Å². The molecule has 10 heteroatoms. The lowest BCUT2D eigenvalue weighted by atomic mass is 10.1. The molecule has 152 valence electrons. The maximum Gasteiger partial charge on any atom is 0.392 e. The number of nitrogens with zero attached hydrogens (tertiary/aromatic N) is 3. The smallest absolute Gasteiger partial charge is 0.392 e. The van der Waals surface area contributed by atoms with Crippen molar-refractivity contribution in [1.82, 2.24) is 20.3 Å². The second-order valence-electron chi connectivity index (χ2n) is 6.03. The maximum atomic E-state index is 12.4. The van der Waals surface area contributed by atoms with Gasteiger partial charge < -0.3 is 15.4 Å². The van der Waals surface area contributed by atoms with Crippen LogP contribution in [0.4, 0.5) is 19.1 Å². The summed E-state index contributed by atoms with van der Waals surface area (Å²) in [4.78, 5) is 24.6. The van der Waals surface area contributed by atoms with E-state index < -0.39 is 19.2 Å². The molecule has 0 aliphatic heterocycles. The molecular formula is C18H22F3N5O2. The molecular weight excluding hydrogens is 375 g/mol. The van der Waals surface area contributed by atoms with Gasteiger partial charge in [-0.3, -0.25) is 4.79 Å². The van der Waals surface area contributed by atoms with Crippen molar-refractivity contribution < 1.29 is 22.7 Å². The highest BCUT2D eigenvalue weighted by Crippen LogP contribution is 2.20. The van der Waals surface area contributed by atoms with Gasteiger partial charge in [0.05, 0.1) is 19.1 Å². The zero-order chi connectivity index (χ0) is 20.6. The molecule has 0 fully saturated rings. The number of carbonyl (C=O) groups is 1. The molecule has 2 rings (SSSR count). The average molecular weight is 397 g/mol. The van der Waals surface area contributed by atoms with Crippen molar-refractivity contribution in [3.8, 4) is 5.88 Å². The van der Waals surface area contributed by atoms with Crippen LogP contribution in [0.25, 0.3) is 0 Å². The molecule has 1 atom stereocenters. The first-order valence-electron chi connectivity index (χ1n) is 8.81. The van der Waals surface area contributed by atoms with Crippen LogP contribution in [0.1, 0.15) is 48.8 Å². The summed E-state index contributed by atoms with van der Waals surface area (Å²) in [5.41, 5.74) is 0.899. The molecule has 0 aliphatic rings. The van der Waals surface area contributed by atoms with Gasteiger partial charge >= 0.3 is 6.18 Å². The maximum absolute atomic E-state index is 12.4. The van der Waals surface area contributed by atoms with E-state index in [9.17, 15) is 18.0 Å². The van der Waals surface area contributed by atoms with Crippen LogP contribution in [-0.2, 0) is 0 Å². The van der Waals surface area contributed by atoms with E-state index in [1.807, 2.05) is 6.92 Å². The molecule has 0 radical (unpaired) electrons. The van der Waals surface area contributed by atoms with Crippen LogP contribution < -0.4 is 15.4 Å². The van der Waals surface area contributed by atoms with Gasteiger partial charge in [0, 0.05) is 25.0 Å². The fourth-order valence-corrected chi connectivity index (χ4v) is 2.17. The molecule has 0 bridgehead atoms. The summed E-state index contributed by atoms with van der Waals surface area (Å²) in [6, 6.07) is 4.22. The van der Waals surface area contributed by atoms with Gasteiger partial charge in [0.15, 0.2) is 0 Å². The first-order valence-corrected chi connectivity index (χ1v) is 8.81. The van der Waals surface area contributed by atoms with Gasteiger partial charge in [-0.05, 0) is 25.0 Å². The van der Waals surface area contributed by atoms with Crippen LogP contribution in [0, 0.1) is 0 Å². The van der Waals surface area contributed by atoms with Crippen molar-refractivity contribution in [2.75, 3.05) is 18.5 Å². The fourth-order valence-electron chi connectivity index (χ4n) is 2.17. The largest absolute Gasteiger partial charge is 0.477 e. The third-order valence-corrected chi connectivity index (χ3v) is 3.66. The van der Waals surface area contributed by atoms with Crippen LogP contribution in [0.5, 0.6) is 5.88 Å². The van der Waals surface area contributed by atoms with E-state index in [2.05, 4.69) is 25.6 Å². The Bertz CT molecular complexity index is 769.